The highest BCUT2D eigenvalue weighted by Gasteiger charge is 2.18. The Morgan fingerprint density at radius 3 is 2.70 bits per heavy atom. The van der Waals surface area contributed by atoms with Crippen LogP contribution in [0.1, 0.15) is 5.56 Å². The maximum atomic E-state index is 13.4. The second kappa shape index (κ2) is 5.37. The van der Waals surface area contributed by atoms with Crippen molar-refractivity contribution in [2.24, 2.45) is 0 Å². The van der Waals surface area contributed by atoms with E-state index in [0.717, 1.165) is 6.07 Å². The molecular formula is C12H11BrFN3O2S. The van der Waals surface area contributed by atoms with Crippen LogP contribution in [0, 0.1) is 12.7 Å². The molecule has 3 N–H and O–H groups in total. The molecule has 2 aromatic rings. The highest BCUT2D eigenvalue weighted by atomic mass is 79.9. The number of aryl methyl sites for hydroxylation is 1. The minimum Gasteiger partial charge on any atom is -0.396 e. The van der Waals surface area contributed by atoms with E-state index in [9.17, 15) is 12.8 Å². The zero-order valence-corrected chi connectivity index (χ0v) is 12.8. The fourth-order valence-corrected chi connectivity index (χ4v) is 3.26. The van der Waals surface area contributed by atoms with Crippen molar-refractivity contribution in [1.82, 2.24) is 4.98 Å². The first kappa shape index (κ1) is 14.7. The van der Waals surface area contributed by atoms with Gasteiger partial charge in [0.25, 0.3) is 10.0 Å². The van der Waals surface area contributed by atoms with Crippen LogP contribution in [0.4, 0.5) is 15.8 Å². The number of pyridine rings is 1. The fourth-order valence-electron chi connectivity index (χ4n) is 1.58. The summed E-state index contributed by atoms with van der Waals surface area (Å²) in [5.74, 6) is -0.617. The third-order valence-corrected chi connectivity index (χ3v) is 4.56. The Balaban J connectivity index is 2.44. The van der Waals surface area contributed by atoms with E-state index in [1.807, 2.05) is 0 Å². The van der Waals surface area contributed by atoms with E-state index in [2.05, 4.69) is 25.6 Å². The van der Waals surface area contributed by atoms with Crippen LogP contribution in [0.2, 0.25) is 0 Å². The molecule has 0 saturated heterocycles. The summed E-state index contributed by atoms with van der Waals surface area (Å²) in [6, 6.07) is 3.81. The minimum atomic E-state index is -3.85. The Kier molecular flexibility index (Phi) is 3.96. The average Bonchev–Trinajstić information content (AvgIpc) is 2.38. The van der Waals surface area contributed by atoms with Crippen molar-refractivity contribution in [2.45, 2.75) is 11.8 Å². The molecule has 0 aliphatic carbocycles. The van der Waals surface area contributed by atoms with Gasteiger partial charge in [-0.15, -0.1) is 0 Å². The largest absolute Gasteiger partial charge is 0.396 e. The summed E-state index contributed by atoms with van der Waals surface area (Å²) in [4.78, 5) is 3.74. The highest BCUT2D eigenvalue weighted by Crippen LogP contribution is 2.26. The number of rotatable bonds is 3. The van der Waals surface area contributed by atoms with E-state index in [1.54, 1.807) is 0 Å². The number of anilines is 2. The van der Waals surface area contributed by atoms with Gasteiger partial charge >= 0.3 is 0 Å². The number of hydrogen-bond acceptors (Lipinski definition) is 4. The van der Waals surface area contributed by atoms with Crippen molar-refractivity contribution < 1.29 is 12.8 Å². The van der Waals surface area contributed by atoms with Gasteiger partial charge in [0.05, 0.1) is 20.7 Å². The Bertz CT molecular complexity index is 742. The van der Waals surface area contributed by atoms with Crippen molar-refractivity contribution >= 4 is 37.3 Å². The maximum Gasteiger partial charge on any atom is 0.262 e. The predicted octanol–water partition coefficient (Wildman–Crippen LogP) is 2.67. The van der Waals surface area contributed by atoms with Gasteiger partial charge in [0.2, 0.25) is 0 Å². The topological polar surface area (TPSA) is 85.1 Å². The second-order valence-corrected chi connectivity index (χ2v) is 6.64. The number of aromatic nitrogens is 1. The number of hydrogen-bond donors (Lipinski definition) is 2. The molecule has 0 radical (unpaired) electrons. The van der Waals surface area contributed by atoms with Gasteiger partial charge in [-0.1, -0.05) is 0 Å². The number of nitrogen functional groups attached to an aromatic ring is 1. The molecule has 2 rings (SSSR count). The smallest absolute Gasteiger partial charge is 0.262 e. The van der Waals surface area contributed by atoms with Crippen molar-refractivity contribution in [3.63, 3.8) is 0 Å². The first-order valence-electron chi connectivity index (χ1n) is 5.49. The van der Waals surface area contributed by atoms with E-state index in [-0.39, 0.29) is 16.1 Å². The number of nitrogens with one attached hydrogen (secondary N) is 1. The predicted molar refractivity (Wildman–Crippen MR) is 78.3 cm³/mol. The van der Waals surface area contributed by atoms with Crippen molar-refractivity contribution in [3.8, 4) is 0 Å². The lowest BCUT2D eigenvalue weighted by Crippen LogP contribution is -2.14. The lowest BCUT2D eigenvalue weighted by Gasteiger charge is -2.11. The number of nitrogens with zero attached hydrogens (tertiary/aromatic N) is 1. The molecule has 0 fully saturated rings. The van der Waals surface area contributed by atoms with Crippen LogP contribution in [0.5, 0.6) is 0 Å². The standard InChI is InChI=1S/C12H11BrFN3O2S/c1-7-4-8(5-10(15)12(7)14)20(18,19)17-11-2-3-16-6-9(11)13/h2-6H,15H2,1H3,(H,16,17). The Labute approximate surface area is 124 Å². The molecule has 0 unspecified atom stereocenters. The van der Waals surface area contributed by atoms with Gasteiger partial charge in [0.15, 0.2) is 0 Å². The Hall–Kier alpha value is -1.67. The molecule has 106 valence electrons. The molecule has 0 bridgehead atoms. The van der Waals surface area contributed by atoms with Gasteiger partial charge in [0, 0.05) is 12.4 Å². The molecule has 0 saturated carbocycles. The first-order valence-corrected chi connectivity index (χ1v) is 7.77. The molecule has 1 heterocycles. The van der Waals surface area contributed by atoms with E-state index >= 15 is 0 Å². The second-order valence-electron chi connectivity index (χ2n) is 4.10. The van der Waals surface area contributed by atoms with E-state index in [0.29, 0.717) is 10.2 Å². The molecule has 0 amide bonds. The zero-order chi connectivity index (χ0) is 14.9. The summed E-state index contributed by atoms with van der Waals surface area (Å²) in [6.07, 6.45) is 2.91. The van der Waals surface area contributed by atoms with Crippen LogP contribution >= 0.6 is 15.9 Å². The summed E-state index contributed by atoms with van der Waals surface area (Å²) in [6.45, 7) is 1.45. The molecule has 8 heteroatoms. The van der Waals surface area contributed by atoms with E-state index < -0.39 is 15.8 Å². The number of halogens is 2. The van der Waals surface area contributed by atoms with E-state index in [1.165, 1.54) is 31.5 Å². The van der Waals surface area contributed by atoms with Crippen LogP contribution in [0.15, 0.2) is 40.0 Å². The summed E-state index contributed by atoms with van der Waals surface area (Å²) in [5, 5.41) is 0. The molecule has 0 spiro atoms. The lowest BCUT2D eigenvalue weighted by atomic mass is 10.2. The maximum absolute atomic E-state index is 13.4. The highest BCUT2D eigenvalue weighted by molar-refractivity contribution is 9.10. The van der Waals surface area contributed by atoms with Crippen molar-refractivity contribution in [1.29, 1.82) is 0 Å². The monoisotopic (exact) mass is 359 g/mol. The SMILES string of the molecule is Cc1cc(S(=O)(=O)Nc2ccncc2Br)cc(N)c1F. The molecule has 0 aliphatic heterocycles. The molecule has 20 heavy (non-hydrogen) atoms. The van der Waals surface area contributed by atoms with Gasteiger partial charge in [0.1, 0.15) is 5.82 Å². The number of sulfonamides is 1. The van der Waals surface area contributed by atoms with Crippen LogP contribution < -0.4 is 10.5 Å². The van der Waals surface area contributed by atoms with Crippen molar-refractivity contribution in [3.05, 3.63) is 46.4 Å². The number of nitrogens with two attached hydrogens (primary N) is 1. The van der Waals surface area contributed by atoms with Gasteiger partial charge in [-0.05, 0) is 46.6 Å². The normalized spacial score (nSPS) is 11.3. The third kappa shape index (κ3) is 2.91. The van der Waals surface area contributed by atoms with Gasteiger partial charge in [-0.2, -0.15) is 0 Å². The lowest BCUT2D eigenvalue weighted by molar-refractivity contribution is 0.599. The fraction of sp³-hybridized carbons (Fsp3) is 0.0833. The van der Waals surface area contributed by atoms with E-state index in [4.69, 9.17) is 5.73 Å². The van der Waals surface area contributed by atoms with Gasteiger partial charge in [-0.25, -0.2) is 12.8 Å². The van der Waals surface area contributed by atoms with Crippen LogP contribution in [-0.2, 0) is 10.0 Å². The molecule has 1 aromatic heterocycles. The quantitative estimate of drug-likeness (QED) is 0.825. The van der Waals surface area contributed by atoms with Gasteiger partial charge < -0.3 is 5.73 Å². The average molecular weight is 360 g/mol. The third-order valence-electron chi connectivity index (χ3n) is 2.58. The summed E-state index contributed by atoms with van der Waals surface area (Å²) < 4.78 is 40.8. The van der Waals surface area contributed by atoms with Crippen LogP contribution in [0.25, 0.3) is 0 Å². The van der Waals surface area contributed by atoms with Crippen LogP contribution in [-0.4, -0.2) is 13.4 Å². The molecular weight excluding hydrogens is 349 g/mol. The van der Waals surface area contributed by atoms with Gasteiger partial charge in [-0.3, -0.25) is 9.71 Å². The molecule has 1 aromatic carbocycles. The molecule has 5 nitrogen and oxygen atoms in total. The minimum absolute atomic E-state index is 0.0994. The summed E-state index contributed by atoms with van der Waals surface area (Å²) >= 11 is 3.19. The first-order chi connectivity index (χ1) is 9.31. The van der Waals surface area contributed by atoms with Crippen molar-refractivity contribution in [2.75, 3.05) is 10.5 Å². The summed E-state index contributed by atoms with van der Waals surface area (Å²) in [5.41, 5.74) is 5.75. The Morgan fingerprint density at radius 2 is 2.10 bits per heavy atom. The Morgan fingerprint density at radius 1 is 1.40 bits per heavy atom. The van der Waals surface area contributed by atoms with Crippen LogP contribution in [0.3, 0.4) is 0 Å². The molecule has 0 aliphatic rings. The number of benzene rings is 1. The zero-order valence-electron chi connectivity index (χ0n) is 10.4. The summed E-state index contributed by atoms with van der Waals surface area (Å²) in [7, 11) is -3.85. The molecule has 0 atom stereocenters.